The second-order valence-electron chi connectivity index (χ2n) is 3.98. The molecule has 2 aromatic rings. The van der Waals surface area contributed by atoms with Crippen molar-refractivity contribution in [3.05, 3.63) is 45.1 Å². The van der Waals surface area contributed by atoms with Gasteiger partial charge in [-0.15, -0.1) is 11.3 Å². The monoisotopic (exact) mass is 316 g/mol. The molecule has 1 aromatic heterocycles. The third kappa shape index (κ3) is 3.09. The molecule has 0 saturated heterocycles. The predicted molar refractivity (Wildman–Crippen MR) is 79.2 cm³/mol. The fraction of sp³-hybridized carbons (Fsp3) is 0.167. The summed E-state index contributed by atoms with van der Waals surface area (Å²) in [6, 6.07) is 6.61. The Bertz CT molecular complexity index is 696. The zero-order valence-electron chi connectivity index (χ0n) is 10.2. The molecule has 0 saturated carbocycles. The van der Waals surface area contributed by atoms with Gasteiger partial charge >= 0.3 is 0 Å². The van der Waals surface area contributed by atoms with Crippen LogP contribution in [-0.4, -0.2) is 8.42 Å². The summed E-state index contributed by atoms with van der Waals surface area (Å²) in [4.78, 5) is 0.853. The Labute approximate surface area is 121 Å². The molecule has 0 unspecified atom stereocenters. The second-order valence-corrected chi connectivity index (χ2v) is 7.06. The lowest BCUT2D eigenvalue weighted by atomic mass is 10.2. The third-order valence-electron chi connectivity index (χ3n) is 2.62. The highest BCUT2D eigenvalue weighted by atomic mass is 35.5. The molecule has 0 aliphatic heterocycles. The number of aryl methyl sites for hydroxylation is 1. The number of anilines is 1. The molecule has 3 N–H and O–H groups in total. The SMILES string of the molecule is Cc1ccc(Cl)cc1NS(=O)(=O)c1ccsc1CN. The molecular formula is C12H13ClN2O2S2. The van der Waals surface area contributed by atoms with Crippen LogP contribution in [0.25, 0.3) is 0 Å². The number of rotatable bonds is 4. The van der Waals surface area contributed by atoms with Crippen LogP contribution in [0, 0.1) is 6.92 Å². The van der Waals surface area contributed by atoms with Crippen LogP contribution in [0.15, 0.2) is 34.5 Å². The van der Waals surface area contributed by atoms with Crippen molar-refractivity contribution in [2.75, 3.05) is 4.72 Å². The Morgan fingerprint density at radius 3 is 2.79 bits per heavy atom. The summed E-state index contributed by atoms with van der Waals surface area (Å²) in [6.07, 6.45) is 0. The Kier molecular flexibility index (Phi) is 4.15. The number of thiophene rings is 1. The van der Waals surface area contributed by atoms with Crippen molar-refractivity contribution in [3.63, 3.8) is 0 Å². The molecule has 0 radical (unpaired) electrons. The first kappa shape index (κ1) is 14.3. The number of halogens is 1. The van der Waals surface area contributed by atoms with E-state index < -0.39 is 10.0 Å². The molecule has 0 atom stereocenters. The third-order valence-corrected chi connectivity index (χ3v) is 5.38. The maximum atomic E-state index is 12.3. The van der Waals surface area contributed by atoms with E-state index in [-0.39, 0.29) is 11.4 Å². The van der Waals surface area contributed by atoms with Gasteiger partial charge in [0.05, 0.1) is 5.69 Å². The Morgan fingerprint density at radius 1 is 1.37 bits per heavy atom. The minimum atomic E-state index is -3.63. The van der Waals surface area contributed by atoms with Crippen molar-refractivity contribution >= 4 is 38.6 Å². The molecule has 0 spiro atoms. The summed E-state index contributed by atoms with van der Waals surface area (Å²) in [5.74, 6) is 0. The maximum absolute atomic E-state index is 12.3. The van der Waals surface area contributed by atoms with Gasteiger partial charge in [0, 0.05) is 16.4 Å². The average molecular weight is 317 g/mol. The largest absolute Gasteiger partial charge is 0.326 e. The number of nitrogens with two attached hydrogens (primary N) is 1. The van der Waals surface area contributed by atoms with E-state index >= 15 is 0 Å². The summed E-state index contributed by atoms with van der Waals surface area (Å²) < 4.78 is 27.1. The molecule has 0 aliphatic carbocycles. The lowest BCUT2D eigenvalue weighted by molar-refractivity contribution is 0.600. The molecule has 0 aliphatic rings. The smallest absolute Gasteiger partial charge is 0.263 e. The van der Waals surface area contributed by atoms with Crippen molar-refractivity contribution in [3.8, 4) is 0 Å². The minimum Gasteiger partial charge on any atom is -0.326 e. The predicted octanol–water partition coefficient (Wildman–Crippen LogP) is 2.97. The first-order valence-corrected chi connectivity index (χ1v) is 8.23. The molecule has 0 bridgehead atoms. The first-order chi connectivity index (χ1) is 8.94. The standard InChI is InChI=1S/C12H13ClN2O2S2/c1-8-2-3-9(13)6-10(8)15-19(16,17)12-4-5-18-11(12)7-14/h2-6,15H,7,14H2,1H3. The lowest BCUT2D eigenvalue weighted by Crippen LogP contribution is -2.15. The van der Waals surface area contributed by atoms with E-state index in [2.05, 4.69) is 4.72 Å². The van der Waals surface area contributed by atoms with Crippen molar-refractivity contribution in [1.82, 2.24) is 0 Å². The van der Waals surface area contributed by atoms with Crippen molar-refractivity contribution in [2.45, 2.75) is 18.4 Å². The molecule has 0 fully saturated rings. The van der Waals surface area contributed by atoms with E-state index in [4.69, 9.17) is 17.3 Å². The van der Waals surface area contributed by atoms with E-state index in [1.807, 2.05) is 6.92 Å². The van der Waals surface area contributed by atoms with Gasteiger partial charge in [0.25, 0.3) is 10.0 Å². The van der Waals surface area contributed by atoms with Crippen LogP contribution in [0.5, 0.6) is 0 Å². The van der Waals surface area contributed by atoms with Gasteiger partial charge in [0.15, 0.2) is 0 Å². The number of sulfonamides is 1. The molecule has 1 heterocycles. The molecule has 19 heavy (non-hydrogen) atoms. The molecule has 2 rings (SSSR count). The number of hydrogen-bond donors (Lipinski definition) is 2. The van der Waals surface area contributed by atoms with Gasteiger partial charge in [-0.1, -0.05) is 17.7 Å². The van der Waals surface area contributed by atoms with Crippen molar-refractivity contribution in [1.29, 1.82) is 0 Å². The topological polar surface area (TPSA) is 72.2 Å². The fourth-order valence-corrected chi connectivity index (χ4v) is 4.25. The average Bonchev–Trinajstić information content (AvgIpc) is 2.82. The zero-order chi connectivity index (χ0) is 14.0. The highest BCUT2D eigenvalue weighted by molar-refractivity contribution is 7.93. The van der Waals surface area contributed by atoms with Crippen LogP contribution in [0.3, 0.4) is 0 Å². The lowest BCUT2D eigenvalue weighted by Gasteiger charge is -2.11. The van der Waals surface area contributed by atoms with E-state index in [9.17, 15) is 8.42 Å². The molecule has 1 aromatic carbocycles. The van der Waals surface area contributed by atoms with Crippen LogP contribution in [0.4, 0.5) is 5.69 Å². The Balaban J connectivity index is 2.39. The van der Waals surface area contributed by atoms with Crippen molar-refractivity contribution in [2.24, 2.45) is 5.73 Å². The quantitative estimate of drug-likeness (QED) is 0.911. The van der Waals surface area contributed by atoms with Gasteiger partial charge in [-0.05, 0) is 36.1 Å². The van der Waals surface area contributed by atoms with Crippen LogP contribution in [0.2, 0.25) is 5.02 Å². The Hall–Kier alpha value is -1.08. The summed E-state index contributed by atoms with van der Waals surface area (Å²) in [5.41, 5.74) is 6.81. The summed E-state index contributed by atoms with van der Waals surface area (Å²) in [6.45, 7) is 2.01. The van der Waals surface area contributed by atoms with Gasteiger partial charge in [0.1, 0.15) is 4.90 Å². The Morgan fingerprint density at radius 2 is 2.11 bits per heavy atom. The van der Waals surface area contributed by atoms with E-state index in [0.717, 1.165) is 5.56 Å². The molecule has 0 amide bonds. The first-order valence-electron chi connectivity index (χ1n) is 5.49. The minimum absolute atomic E-state index is 0.197. The number of hydrogen-bond acceptors (Lipinski definition) is 4. The van der Waals surface area contributed by atoms with E-state index in [0.29, 0.717) is 15.6 Å². The van der Waals surface area contributed by atoms with Crippen LogP contribution < -0.4 is 10.5 Å². The normalized spacial score (nSPS) is 11.5. The van der Waals surface area contributed by atoms with Crippen LogP contribution in [-0.2, 0) is 16.6 Å². The highest BCUT2D eigenvalue weighted by Gasteiger charge is 2.19. The molecular weight excluding hydrogens is 304 g/mol. The summed E-state index contributed by atoms with van der Waals surface area (Å²) in [5, 5.41) is 2.19. The van der Waals surface area contributed by atoms with E-state index in [1.54, 1.807) is 29.6 Å². The fourth-order valence-electron chi connectivity index (χ4n) is 1.62. The van der Waals surface area contributed by atoms with Gasteiger partial charge < -0.3 is 5.73 Å². The number of benzene rings is 1. The number of nitrogens with one attached hydrogen (secondary N) is 1. The molecule has 7 heteroatoms. The molecule has 102 valence electrons. The van der Waals surface area contributed by atoms with Crippen LogP contribution in [0.1, 0.15) is 10.4 Å². The molecule has 4 nitrogen and oxygen atoms in total. The van der Waals surface area contributed by atoms with Crippen molar-refractivity contribution < 1.29 is 8.42 Å². The van der Waals surface area contributed by atoms with Gasteiger partial charge in [0.2, 0.25) is 0 Å². The summed E-state index contributed by atoms with van der Waals surface area (Å²) >= 11 is 7.20. The zero-order valence-corrected chi connectivity index (χ0v) is 12.6. The van der Waals surface area contributed by atoms with E-state index in [1.165, 1.54) is 11.3 Å². The summed E-state index contributed by atoms with van der Waals surface area (Å²) in [7, 11) is -3.63. The van der Waals surface area contributed by atoms with Gasteiger partial charge in [-0.25, -0.2) is 8.42 Å². The second kappa shape index (κ2) is 5.50. The van der Waals surface area contributed by atoms with Crippen LogP contribution >= 0.6 is 22.9 Å². The highest BCUT2D eigenvalue weighted by Crippen LogP contribution is 2.26. The van der Waals surface area contributed by atoms with Gasteiger partial charge in [-0.2, -0.15) is 0 Å². The maximum Gasteiger partial charge on any atom is 0.263 e. The van der Waals surface area contributed by atoms with Gasteiger partial charge in [-0.3, -0.25) is 4.72 Å².